The maximum absolute atomic E-state index is 5.44. The van der Waals surface area contributed by atoms with E-state index in [0.717, 1.165) is 22.8 Å². The van der Waals surface area contributed by atoms with Crippen molar-refractivity contribution in [3.8, 4) is 11.3 Å². The van der Waals surface area contributed by atoms with Crippen molar-refractivity contribution >= 4 is 0 Å². The smallest absolute Gasteiger partial charge is 0.181 e. The number of furan rings is 1. The summed E-state index contributed by atoms with van der Waals surface area (Å²) in [5, 5.41) is 3.39. The van der Waals surface area contributed by atoms with Crippen LogP contribution >= 0.6 is 0 Å². The molecule has 0 bridgehead atoms. The van der Waals surface area contributed by atoms with Gasteiger partial charge in [-0.15, -0.1) is 0 Å². The van der Waals surface area contributed by atoms with E-state index in [-0.39, 0.29) is 5.54 Å². The number of aryl methyl sites for hydroxylation is 1. The SMILES string of the molecule is Cc1occc1-c1ocnc1CNC(C)(C)C. The fraction of sp³-hybridized carbons (Fsp3) is 0.462. The summed E-state index contributed by atoms with van der Waals surface area (Å²) in [7, 11) is 0. The van der Waals surface area contributed by atoms with Gasteiger partial charge in [0.05, 0.1) is 11.8 Å². The molecular formula is C13H18N2O2. The summed E-state index contributed by atoms with van der Waals surface area (Å²) in [6.07, 6.45) is 3.13. The number of oxazole rings is 1. The van der Waals surface area contributed by atoms with E-state index in [2.05, 4.69) is 31.1 Å². The van der Waals surface area contributed by atoms with Crippen LogP contribution in [0.3, 0.4) is 0 Å². The zero-order chi connectivity index (χ0) is 12.5. The van der Waals surface area contributed by atoms with Crippen LogP contribution in [0.2, 0.25) is 0 Å². The summed E-state index contributed by atoms with van der Waals surface area (Å²) in [4.78, 5) is 4.25. The standard InChI is InChI=1S/C13H18N2O2/c1-9-10(5-6-16-9)12-11(14-8-17-12)7-15-13(2,3)4/h5-6,8,15H,7H2,1-4H3. The molecule has 2 rings (SSSR count). The number of hydrogen-bond acceptors (Lipinski definition) is 4. The Bertz CT molecular complexity index is 491. The minimum atomic E-state index is 0.0572. The van der Waals surface area contributed by atoms with E-state index in [1.165, 1.54) is 6.39 Å². The fourth-order valence-electron chi connectivity index (χ4n) is 1.58. The van der Waals surface area contributed by atoms with E-state index >= 15 is 0 Å². The first-order valence-electron chi connectivity index (χ1n) is 5.69. The first-order valence-corrected chi connectivity index (χ1v) is 5.69. The Kier molecular flexibility index (Phi) is 3.07. The van der Waals surface area contributed by atoms with Gasteiger partial charge in [0.2, 0.25) is 0 Å². The fourth-order valence-corrected chi connectivity index (χ4v) is 1.58. The van der Waals surface area contributed by atoms with Crippen molar-refractivity contribution in [1.29, 1.82) is 0 Å². The minimum Gasteiger partial charge on any atom is -0.469 e. The Hall–Kier alpha value is -1.55. The third kappa shape index (κ3) is 2.77. The molecule has 2 aromatic rings. The molecule has 0 fully saturated rings. The first-order chi connectivity index (χ1) is 7.97. The molecule has 4 nitrogen and oxygen atoms in total. The predicted octanol–water partition coefficient (Wildman–Crippen LogP) is 3.13. The van der Waals surface area contributed by atoms with Gasteiger partial charge < -0.3 is 14.2 Å². The van der Waals surface area contributed by atoms with Gasteiger partial charge in [-0.2, -0.15) is 0 Å². The van der Waals surface area contributed by atoms with Crippen molar-refractivity contribution < 1.29 is 8.83 Å². The van der Waals surface area contributed by atoms with Crippen molar-refractivity contribution in [2.45, 2.75) is 39.8 Å². The Morgan fingerprint density at radius 3 is 2.65 bits per heavy atom. The molecule has 0 spiro atoms. The van der Waals surface area contributed by atoms with E-state index in [4.69, 9.17) is 8.83 Å². The predicted molar refractivity (Wildman–Crippen MR) is 65.5 cm³/mol. The second kappa shape index (κ2) is 4.37. The quantitative estimate of drug-likeness (QED) is 0.886. The number of hydrogen-bond donors (Lipinski definition) is 1. The molecule has 0 aliphatic carbocycles. The van der Waals surface area contributed by atoms with Crippen LogP contribution in [0.25, 0.3) is 11.3 Å². The number of nitrogens with zero attached hydrogens (tertiary/aromatic N) is 1. The van der Waals surface area contributed by atoms with E-state index in [9.17, 15) is 0 Å². The van der Waals surface area contributed by atoms with Crippen molar-refractivity contribution in [2.24, 2.45) is 0 Å². The monoisotopic (exact) mass is 234 g/mol. The van der Waals surface area contributed by atoms with E-state index < -0.39 is 0 Å². The zero-order valence-corrected chi connectivity index (χ0v) is 10.7. The molecule has 0 atom stereocenters. The number of nitrogens with one attached hydrogen (secondary N) is 1. The van der Waals surface area contributed by atoms with Gasteiger partial charge >= 0.3 is 0 Å². The summed E-state index contributed by atoms with van der Waals surface area (Å²) in [6, 6.07) is 1.90. The summed E-state index contributed by atoms with van der Waals surface area (Å²) in [5.74, 6) is 1.63. The van der Waals surface area contributed by atoms with Crippen LogP contribution in [0, 0.1) is 6.92 Å². The summed E-state index contributed by atoms with van der Waals surface area (Å²) >= 11 is 0. The summed E-state index contributed by atoms with van der Waals surface area (Å²) in [6.45, 7) is 8.96. The maximum atomic E-state index is 5.44. The molecule has 0 radical (unpaired) electrons. The normalized spacial score (nSPS) is 12.0. The van der Waals surface area contributed by atoms with Crippen LogP contribution in [0.5, 0.6) is 0 Å². The van der Waals surface area contributed by atoms with Crippen LogP contribution in [0.15, 0.2) is 27.6 Å². The molecule has 17 heavy (non-hydrogen) atoms. The van der Waals surface area contributed by atoms with Crippen LogP contribution < -0.4 is 5.32 Å². The summed E-state index contributed by atoms with van der Waals surface area (Å²) < 4.78 is 10.7. The van der Waals surface area contributed by atoms with E-state index in [1.807, 2.05) is 13.0 Å². The molecule has 92 valence electrons. The number of rotatable bonds is 3. The third-order valence-corrected chi connectivity index (χ3v) is 2.53. The van der Waals surface area contributed by atoms with Crippen LogP contribution in [0.1, 0.15) is 32.2 Å². The van der Waals surface area contributed by atoms with Gasteiger partial charge in [0.25, 0.3) is 0 Å². The molecule has 2 heterocycles. The zero-order valence-electron chi connectivity index (χ0n) is 10.7. The third-order valence-electron chi connectivity index (χ3n) is 2.53. The highest BCUT2D eigenvalue weighted by Crippen LogP contribution is 2.27. The van der Waals surface area contributed by atoms with Gasteiger partial charge in [0, 0.05) is 12.1 Å². The van der Waals surface area contributed by atoms with Crippen molar-refractivity contribution in [2.75, 3.05) is 0 Å². The highest BCUT2D eigenvalue weighted by Gasteiger charge is 2.17. The molecule has 2 aromatic heterocycles. The molecule has 0 saturated heterocycles. The van der Waals surface area contributed by atoms with Gasteiger partial charge in [-0.1, -0.05) is 0 Å². The Balaban J connectivity index is 2.21. The second-order valence-corrected chi connectivity index (χ2v) is 5.12. The van der Waals surface area contributed by atoms with Crippen molar-refractivity contribution in [1.82, 2.24) is 10.3 Å². The van der Waals surface area contributed by atoms with E-state index in [1.54, 1.807) is 6.26 Å². The molecule has 0 amide bonds. The molecule has 0 aliphatic rings. The molecule has 0 unspecified atom stereocenters. The lowest BCUT2D eigenvalue weighted by molar-refractivity contribution is 0.421. The van der Waals surface area contributed by atoms with Crippen LogP contribution in [0.4, 0.5) is 0 Å². The second-order valence-electron chi connectivity index (χ2n) is 5.12. The minimum absolute atomic E-state index is 0.0572. The lowest BCUT2D eigenvalue weighted by atomic mass is 10.1. The highest BCUT2D eigenvalue weighted by molar-refractivity contribution is 5.61. The first kappa shape index (κ1) is 11.9. The Morgan fingerprint density at radius 1 is 1.29 bits per heavy atom. The van der Waals surface area contributed by atoms with Crippen molar-refractivity contribution in [3.63, 3.8) is 0 Å². The van der Waals surface area contributed by atoms with Crippen molar-refractivity contribution in [3.05, 3.63) is 30.2 Å². The topological polar surface area (TPSA) is 51.2 Å². The molecule has 0 aliphatic heterocycles. The molecular weight excluding hydrogens is 216 g/mol. The van der Waals surface area contributed by atoms with Gasteiger partial charge in [-0.05, 0) is 33.8 Å². The van der Waals surface area contributed by atoms with Gasteiger partial charge in [0.1, 0.15) is 11.5 Å². The summed E-state index contributed by atoms with van der Waals surface area (Å²) in [5.41, 5.74) is 1.93. The van der Waals surface area contributed by atoms with Gasteiger partial charge in [-0.25, -0.2) is 4.98 Å². The lowest BCUT2D eigenvalue weighted by Crippen LogP contribution is -2.35. The molecule has 4 heteroatoms. The Labute approximate surface area is 101 Å². The van der Waals surface area contributed by atoms with E-state index in [0.29, 0.717) is 6.54 Å². The average Bonchev–Trinajstić information content (AvgIpc) is 2.81. The molecule has 0 aromatic carbocycles. The average molecular weight is 234 g/mol. The molecule has 1 N–H and O–H groups in total. The van der Waals surface area contributed by atoms with Gasteiger partial charge in [0.15, 0.2) is 12.2 Å². The Morgan fingerprint density at radius 2 is 2.06 bits per heavy atom. The van der Waals surface area contributed by atoms with Crippen LogP contribution in [-0.2, 0) is 6.54 Å². The van der Waals surface area contributed by atoms with Gasteiger partial charge in [-0.3, -0.25) is 0 Å². The largest absolute Gasteiger partial charge is 0.469 e. The molecule has 0 saturated carbocycles. The number of aromatic nitrogens is 1. The maximum Gasteiger partial charge on any atom is 0.181 e. The lowest BCUT2D eigenvalue weighted by Gasteiger charge is -2.19. The highest BCUT2D eigenvalue weighted by atomic mass is 16.3. The van der Waals surface area contributed by atoms with Crippen LogP contribution in [-0.4, -0.2) is 10.5 Å².